The highest BCUT2D eigenvalue weighted by molar-refractivity contribution is 5.38. The molecule has 3 fully saturated rings. The smallest absolute Gasteiger partial charge is 0.0811 e. The van der Waals surface area contributed by atoms with Gasteiger partial charge in [0.2, 0.25) is 0 Å². The zero-order valence-corrected chi connectivity index (χ0v) is 23.7. The molecule has 0 aromatic rings. The predicted molar refractivity (Wildman–Crippen MR) is 145 cm³/mol. The van der Waals surface area contributed by atoms with E-state index in [1.165, 1.54) is 32.1 Å². The first-order valence-electron chi connectivity index (χ1n) is 14.1. The van der Waals surface area contributed by atoms with Crippen molar-refractivity contribution in [3.63, 3.8) is 0 Å². The van der Waals surface area contributed by atoms with Crippen LogP contribution < -0.4 is 0 Å². The van der Waals surface area contributed by atoms with Crippen LogP contribution in [0.4, 0.5) is 0 Å². The van der Waals surface area contributed by atoms with Crippen LogP contribution in [0.2, 0.25) is 0 Å². The minimum atomic E-state index is -0.609. The van der Waals surface area contributed by atoms with Gasteiger partial charge in [0.1, 0.15) is 0 Å². The van der Waals surface area contributed by atoms with E-state index in [0.717, 1.165) is 17.1 Å². The third kappa shape index (κ3) is 5.01. The topological polar surface area (TPSA) is 40.5 Å². The van der Waals surface area contributed by atoms with Gasteiger partial charge >= 0.3 is 0 Å². The molecular weight excluding hydrogens is 416 g/mol. The monoisotopic (exact) mass is 470 g/mol. The summed E-state index contributed by atoms with van der Waals surface area (Å²) in [7, 11) is 0. The summed E-state index contributed by atoms with van der Waals surface area (Å²) in [5.41, 5.74) is 4.38. The molecule has 3 saturated carbocycles. The van der Waals surface area contributed by atoms with Gasteiger partial charge in [0.25, 0.3) is 0 Å². The van der Waals surface area contributed by atoms with Gasteiger partial charge in [-0.2, -0.15) is 0 Å². The van der Waals surface area contributed by atoms with Crippen molar-refractivity contribution < 1.29 is 10.2 Å². The standard InChI is InChI=1S/C32H54O2/c1-20(23(4)31(8,9)30(5,6)7)21(2)27-15-16-28-24(12-11-17-32(27,28)10)13-14-25-18-26(33)19-29(34)22(25)3/h13-14,20-21,23,26-29,33-34H,3,11-12,15-19H2,1-2,4-10H3/b24-13+,25-14-/t20?,21?,23?,26-,27?,28?,29+,32?/m1/s1. The molecule has 8 atom stereocenters. The van der Waals surface area contributed by atoms with E-state index in [1.807, 2.05) is 0 Å². The Morgan fingerprint density at radius 1 is 1.03 bits per heavy atom. The lowest BCUT2D eigenvalue weighted by atomic mass is 9.54. The second-order valence-corrected chi connectivity index (χ2v) is 14.1. The minimum Gasteiger partial charge on any atom is -0.393 e. The molecule has 0 heterocycles. The molecule has 0 radical (unpaired) electrons. The molecule has 0 amide bonds. The average Bonchev–Trinajstić information content (AvgIpc) is 3.10. The van der Waals surface area contributed by atoms with Crippen LogP contribution in [0.3, 0.4) is 0 Å². The molecule has 0 aromatic carbocycles. The SMILES string of the molecule is C=C1/C(=C\C=C2/CCCC3(C)C2CCC3C(C)C(C)C(C)C(C)(C)C(C)(C)C)C[C@@H](O)C[C@@H]1O. The Hall–Kier alpha value is -0.860. The fraction of sp³-hybridized carbons (Fsp3) is 0.812. The van der Waals surface area contributed by atoms with Gasteiger partial charge in [0, 0.05) is 6.42 Å². The van der Waals surface area contributed by atoms with Crippen molar-refractivity contribution >= 4 is 0 Å². The molecule has 2 N–H and O–H groups in total. The first-order chi connectivity index (χ1) is 15.6. The van der Waals surface area contributed by atoms with E-state index >= 15 is 0 Å². The summed E-state index contributed by atoms with van der Waals surface area (Å²) in [6, 6.07) is 0. The van der Waals surface area contributed by atoms with Crippen LogP contribution in [0.25, 0.3) is 0 Å². The third-order valence-corrected chi connectivity index (χ3v) is 11.6. The fourth-order valence-electron chi connectivity index (χ4n) is 7.77. The second kappa shape index (κ2) is 9.89. The van der Waals surface area contributed by atoms with Crippen LogP contribution in [-0.4, -0.2) is 22.4 Å². The third-order valence-electron chi connectivity index (χ3n) is 11.6. The lowest BCUT2D eigenvalue weighted by molar-refractivity contribution is -0.00892. The molecule has 0 aliphatic heterocycles. The number of allylic oxidation sites excluding steroid dienone is 3. The van der Waals surface area contributed by atoms with E-state index in [-0.39, 0.29) is 0 Å². The van der Waals surface area contributed by atoms with Crippen LogP contribution in [0.15, 0.2) is 35.5 Å². The van der Waals surface area contributed by atoms with E-state index in [0.29, 0.717) is 52.8 Å². The number of hydrogen-bond acceptors (Lipinski definition) is 2. The maximum atomic E-state index is 10.2. The molecule has 3 aliphatic carbocycles. The highest BCUT2D eigenvalue weighted by Crippen LogP contribution is 2.61. The van der Waals surface area contributed by atoms with Crippen LogP contribution in [0, 0.1) is 45.8 Å². The van der Waals surface area contributed by atoms with Gasteiger partial charge in [-0.1, -0.05) is 86.6 Å². The maximum Gasteiger partial charge on any atom is 0.0811 e. The first-order valence-corrected chi connectivity index (χ1v) is 14.1. The fourth-order valence-corrected chi connectivity index (χ4v) is 7.77. The van der Waals surface area contributed by atoms with Crippen molar-refractivity contribution in [2.45, 2.75) is 119 Å². The lowest BCUT2D eigenvalue weighted by Crippen LogP contribution is -2.43. The van der Waals surface area contributed by atoms with Gasteiger partial charge in [0.15, 0.2) is 0 Å². The molecule has 0 spiro atoms. The van der Waals surface area contributed by atoms with Crippen molar-refractivity contribution in [2.75, 3.05) is 0 Å². The Kier molecular flexibility index (Phi) is 8.06. The Bertz CT molecular complexity index is 809. The molecule has 2 heteroatoms. The summed E-state index contributed by atoms with van der Waals surface area (Å²) in [5, 5.41) is 20.4. The molecule has 3 rings (SSSR count). The summed E-state index contributed by atoms with van der Waals surface area (Å²) < 4.78 is 0. The normalized spacial score (nSPS) is 38.1. The Labute approximate surface area is 211 Å². The lowest BCUT2D eigenvalue weighted by Gasteiger charge is -2.50. The van der Waals surface area contributed by atoms with Gasteiger partial charge in [0.05, 0.1) is 12.2 Å². The largest absolute Gasteiger partial charge is 0.393 e. The maximum absolute atomic E-state index is 10.2. The van der Waals surface area contributed by atoms with E-state index in [4.69, 9.17) is 0 Å². The first kappa shape index (κ1) is 27.7. The Morgan fingerprint density at radius 3 is 2.29 bits per heavy atom. The molecule has 0 bridgehead atoms. The van der Waals surface area contributed by atoms with Crippen LogP contribution in [0.5, 0.6) is 0 Å². The average molecular weight is 471 g/mol. The Morgan fingerprint density at radius 2 is 1.68 bits per heavy atom. The number of fused-ring (bicyclic) bond motifs is 1. The highest BCUT2D eigenvalue weighted by Gasteiger charge is 2.52. The van der Waals surface area contributed by atoms with Crippen LogP contribution in [0.1, 0.15) is 107 Å². The molecule has 194 valence electrons. The van der Waals surface area contributed by atoms with Crippen molar-refractivity contribution in [1.82, 2.24) is 0 Å². The minimum absolute atomic E-state index is 0.293. The molecule has 6 unspecified atom stereocenters. The van der Waals surface area contributed by atoms with Crippen molar-refractivity contribution in [2.24, 2.45) is 45.8 Å². The predicted octanol–water partition coefficient (Wildman–Crippen LogP) is 8.11. The van der Waals surface area contributed by atoms with E-state index in [9.17, 15) is 10.2 Å². The van der Waals surface area contributed by atoms with E-state index in [2.05, 4.69) is 81.0 Å². The second-order valence-electron chi connectivity index (χ2n) is 14.1. The highest BCUT2D eigenvalue weighted by atomic mass is 16.3. The molecular formula is C32H54O2. The quantitative estimate of drug-likeness (QED) is 0.426. The van der Waals surface area contributed by atoms with Crippen molar-refractivity contribution in [3.05, 3.63) is 35.5 Å². The van der Waals surface area contributed by atoms with Gasteiger partial charge in [-0.3, -0.25) is 0 Å². The summed E-state index contributed by atoms with van der Waals surface area (Å²) in [6.45, 7) is 26.4. The van der Waals surface area contributed by atoms with Crippen molar-refractivity contribution in [1.29, 1.82) is 0 Å². The van der Waals surface area contributed by atoms with Crippen molar-refractivity contribution in [3.8, 4) is 0 Å². The molecule has 0 aromatic heterocycles. The zero-order chi connectivity index (χ0) is 25.6. The molecule has 34 heavy (non-hydrogen) atoms. The molecule has 2 nitrogen and oxygen atoms in total. The van der Waals surface area contributed by atoms with E-state index < -0.39 is 12.2 Å². The number of aliphatic hydroxyl groups is 2. The summed E-state index contributed by atoms with van der Waals surface area (Å²) in [6.07, 6.45) is 10.9. The van der Waals surface area contributed by atoms with Crippen LogP contribution >= 0.6 is 0 Å². The van der Waals surface area contributed by atoms with Gasteiger partial charge in [-0.15, -0.1) is 0 Å². The van der Waals surface area contributed by atoms with Gasteiger partial charge in [-0.05, 0) is 95.5 Å². The molecule has 3 aliphatic rings. The summed E-state index contributed by atoms with van der Waals surface area (Å²) >= 11 is 0. The van der Waals surface area contributed by atoms with E-state index in [1.54, 1.807) is 5.57 Å². The van der Waals surface area contributed by atoms with Gasteiger partial charge < -0.3 is 10.2 Å². The summed E-state index contributed by atoms with van der Waals surface area (Å²) in [4.78, 5) is 0. The summed E-state index contributed by atoms with van der Waals surface area (Å²) in [5.74, 6) is 3.52. The Balaban J connectivity index is 1.80. The zero-order valence-electron chi connectivity index (χ0n) is 23.7. The number of rotatable bonds is 5. The number of hydrogen-bond donors (Lipinski definition) is 2. The van der Waals surface area contributed by atoms with Crippen LogP contribution in [-0.2, 0) is 0 Å². The molecule has 0 saturated heterocycles. The number of aliphatic hydroxyl groups excluding tert-OH is 2. The van der Waals surface area contributed by atoms with Gasteiger partial charge in [-0.25, -0.2) is 0 Å².